The van der Waals surface area contributed by atoms with Crippen molar-refractivity contribution in [3.8, 4) is 0 Å². The number of rotatable bonds is 4. The van der Waals surface area contributed by atoms with Crippen molar-refractivity contribution in [3.05, 3.63) is 29.3 Å². The number of hydrogen-bond acceptors (Lipinski definition) is 4. The molecule has 3 N–H and O–H groups in total. The Hall–Kier alpha value is -1.44. The van der Waals surface area contributed by atoms with Crippen molar-refractivity contribution < 1.29 is 17.9 Å². The van der Waals surface area contributed by atoms with Crippen LogP contribution in [-0.2, 0) is 21.2 Å². The first-order valence-electron chi connectivity index (χ1n) is 6.96. The average Bonchev–Trinajstić information content (AvgIpc) is 2.46. The summed E-state index contributed by atoms with van der Waals surface area (Å²) in [4.78, 5) is 12.2. The lowest BCUT2D eigenvalue weighted by Gasteiger charge is -2.23. The van der Waals surface area contributed by atoms with E-state index in [1.165, 1.54) is 6.07 Å². The van der Waals surface area contributed by atoms with Crippen LogP contribution < -0.4 is 10.5 Å². The lowest BCUT2D eigenvalue weighted by Crippen LogP contribution is -2.39. The summed E-state index contributed by atoms with van der Waals surface area (Å²) >= 11 is 0. The minimum atomic E-state index is -3.83. The summed E-state index contributed by atoms with van der Waals surface area (Å²) in [6, 6.07) is 4.68. The Morgan fingerprint density at radius 2 is 2.05 bits per heavy atom. The van der Waals surface area contributed by atoms with E-state index < -0.39 is 10.0 Å². The maximum Gasteiger partial charge on any atom is 0.251 e. The van der Waals surface area contributed by atoms with Gasteiger partial charge in [-0.15, -0.1) is 0 Å². The van der Waals surface area contributed by atoms with Crippen molar-refractivity contribution in [2.45, 2.75) is 37.1 Å². The number of nitrogens with two attached hydrogens (primary N) is 1. The molecule has 0 aromatic heterocycles. The number of nitrogens with one attached hydrogen (secondary N) is 1. The molecule has 0 spiro atoms. The Morgan fingerprint density at radius 1 is 1.38 bits per heavy atom. The third-order valence-electron chi connectivity index (χ3n) is 3.57. The zero-order chi connectivity index (χ0) is 15.5. The van der Waals surface area contributed by atoms with Crippen LogP contribution in [0.5, 0.6) is 0 Å². The Morgan fingerprint density at radius 3 is 2.62 bits per heavy atom. The van der Waals surface area contributed by atoms with Crippen LogP contribution in [0.2, 0.25) is 0 Å². The third kappa shape index (κ3) is 4.03. The van der Waals surface area contributed by atoms with Gasteiger partial charge in [-0.1, -0.05) is 13.0 Å². The number of primary sulfonamides is 1. The normalized spacial score (nSPS) is 16.7. The highest BCUT2D eigenvalue weighted by Crippen LogP contribution is 2.18. The molecule has 116 valence electrons. The molecule has 1 aromatic carbocycles. The van der Waals surface area contributed by atoms with Crippen molar-refractivity contribution in [2.24, 2.45) is 5.14 Å². The quantitative estimate of drug-likeness (QED) is 0.859. The van der Waals surface area contributed by atoms with E-state index in [-0.39, 0.29) is 16.8 Å². The van der Waals surface area contributed by atoms with Gasteiger partial charge in [-0.3, -0.25) is 4.79 Å². The smallest absolute Gasteiger partial charge is 0.251 e. The van der Waals surface area contributed by atoms with Crippen LogP contribution in [0, 0.1) is 0 Å². The van der Waals surface area contributed by atoms with Crippen molar-refractivity contribution in [1.82, 2.24) is 5.32 Å². The number of aryl methyl sites for hydroxylation is 1. The van der Waals surface area contributed by atoms with Crippen LogP contribution in [-0.4, -0.2) is 33.6 Å². The van der Waals surface area contributed by atoms with Crippen LogP contribution in [0.3, 0.4) is 0 Å². The van der Waals surface area contributed by atoms with Crippen molar-refractivity contribution in [3.63, 3.8) is 0 Å². The van der Waals surface area contributed by atoms with Gasteiger partial charge in [0.05, 0.1) is 4.90 Å². The molecule has 1 fully saturated rings. The van der Waals surface area contributed by atoms with Crippen molar-refractivity contribution in [1.29, 1.82) is 0 Å². The van der Waals surface area contributed by atoms with E-state index in [0.29, 0.717) is 30.8 Å². The van der Waals surface area contributed by atoms with Gasteiger partial charge >= 0.3 is 0 Å². The lowest BCUT2D eigenvalue weighted by atomic mass is 10.1. The number of carbonyl (C=O) groups excluding carboxylic acids is 1. The number of sulfonamides is 1. The molecule has 0 bridgehead atoms. The SMILES string of the molecule is CCc1ccc(C(=O)NC2CCOCC2)cc1S(N)(=O)=O. The fourth-order valence-corrected chi connectivity index (χ4v) is 3.23. The topological polar surface area (TPSA) is 98.5 Å². The van der Waals surface area contributed by atoms with E-state index in [1.807, 2.05) is 6.92 Å². The second kappa shape index (κ2) is 6.55. The van der Waals surface area contributed by atoms with Crippen molar-refractivity contribution in [2.75, 3.05) is 13.2 Å². The maximum atomic E-state index is 12.2. The first kappa shape index (κ1) is 15.9. The molecule has 6 nitrogen and oxygen atoms in total. The van der Waals surface area contributed by atoms with E-state index in [0.717, 1.165) is 12.8 Å². The fraction of sp³-hybridized carbons (Fsp3) is 0.500. The molecule has 0 atom stereocenters. The second-order valence-corrected chi connectivity index (χ2v) is 6.61. The summed E-state index contributed by atoms with van der Waals surface area (Å²) in [5, 5.41) is 8.11. The minimum Gasteiger partial charge on any atom is -0.381 e. The van der Waals surface area contributed by atoms with E-state index in [2.05, 4.69) is 5.32 Å². The zero-order valence-corrected chi connectivity index (χ0v) is 12.8. The van der Waals surface area contributed by atoms with Gasteiger partial charge in [-0.25, -0.2) is 13.6 Å². The first-order valence-corrected chi connectivity index (χ1v) is 8.50. The molecule has 21 heavy (non-hydrogen) atoms. The Balaban J connectivity index is 2.21. The fourth-order valence-electron chi connectivity index (χ4n) is 2.36. The van der Waals surface area contributed by atoms with Crippen LogP contribution in [0.1, 0.15) is 35.7 Å². The highest BCUT2D eigenvalue weighted by molar-refractivity contribution is 7.89. The van der Waals surface area contributed by atoms with Gasteiger partial charge in [0.2, 0.25) is 10.0 Å². The molecule has 2 rings (SSSR count). The lowest BCUT2D eigenvalue weighted by molar-refractivity contribution is 0.0696. The maximum absolute atomic E-state index is 12.2. The Labute approximate surface area is 124 Å². The van der Waals surface area contributed by atoms with Gasteiger partial charge in [0.1, 0.15) is 0 Å². The standard InChI is InChI=1S/C14H20N2O4S/c1-2-10-3-4-11(9-13(10)21(15,18)19)14(17)16-12-5-7-20-8-6-12/h3-4,9,12H,2,5-8H2,1H3,(H,16,17)(H2,15,18,19). The Bertz CT molecular complexity index is 622. The number of ether oxygens (including phenoxy) is 1. The van der Waals surface area contributed by atoms with E-state index in [9.17, 15) is 13.2 Å². The van der Waals surface area contributed by atoms with Gasteiger partial charge in [-0.05, 0) is 37.0 Å². The van der Waals surface area contributed by atoms with Crippen molar-refractivity contribution >= 4 is 15.9 Å². The largest absolute Gasteiger partial charge is 0.381 e. The molecular weight excluding hydrogens is 292 g/mol. The molecule has 0 saturated carbocycles. The van der Waals surface area contributed by atoms with Gasteiger partial charge < -0.3 is 10.1 Å². The average molecular weight is 312 g/mol. The molecule has 1 aliphatic rings. The zero-order valence-electron chi connectivity index (χ0n) is 12.0. The molecule has 7 heteroatoms. The summed E-state index contributed by atoms with van der Waals surface area (Å²) in [7, 11) is -3.83. The molecule has 0 aliphatic carbocycles. The van der Waals surface area contributed by atoms with Crippen LogP contribution in [0.4, 0.5) is 0 Å². The monoisotopic (exact) mass is 312 g/mol. The van der Waals surface area contributed by atoms with Crippen LogP contribution in [0.25, 0.3) is 0 Å². The summed E-state index contributed by atoms with van der Waals surface area (Å²) in [6.07, 6.45) is 2.06. The number of carbonyl (C=O) groups is 1. The molecule has 1 aromatic rings. The molecule has 1 heterocycles. The van der Waals surface area contributed by atoms with E-state index >= 15 is 0 Å². The van der Waals surface area contributed by atoms with E-state index in [1.54, 1.807) is 12.1 Å². The minimum absolute atomic E-state index is 0.0182. The summed E-state index contributed by atoms with van der Waals surface area (Å²) in [5.74, 6) is -0.283. The van der Waals surface area contributed by atoms with Gasteiger partial charge in [0.15, 0.2) is 0 Å². The summed E-state index contributed by atoms with van der Waals surface area (Å²) < 4.78 is 28.4. The van der Waals surface area contributed by atoms with Gasteiger partial charge in [0.25, 0.3) is 5.91 Å². The predicted molar refractivity (Wildman–Crippen MR) is 78.5 cm³/mol. The summed E-state index contributed by atoms with van der Waals surface area (Å²) in [6.45, 7) is 3.09. The highest BCUT2D eigenvalue weighted by atomic mass is 32.2. The van der Waals surface area contributed by atoms with Gasteiger partial charge in [-0.2, -0.15) is 0 Å². The Kier molecular flexibility index (Phi) is 4.97. The molecule has 1 saturated heterocycles. The number of hydrogen-bond donors (Lipinski definition) is 2. The molecule has 0 radical (unpaired) electrons. The first-order chi connectivity index (χ1) is 9.91. The second-order valence-electron chi connectivity index (χ2n) is 5.08. The molecular formula is C14H20N2O4S. The van der Waals surface area contributed by atoms with Crippen LogP contribution in [0.15, 0.2) is 23.1 Å². The molecule has 0 unspecified atom stereocenters. The number of amides is 1. The van der Waals surface area contributed by atoms with Crippen LogP contribution >= 0.6 is 0 Å². The summed E-state index contributed by atoms with van der Waals surface area (Å²) in [5.41, 5.74) is 0.919. The molecule has 1 amide bonds. The number of benzene rings is 1. The predicted octanol–water partition coefficient (Wildman–Crippen LogP) is 0.805. The van der Waals surface area contributed by atoms with E-state index in [4.69, 9.17) is 9.88 Å². The highest BCUT2D eigenvalue weighted by Gasteiger charge is 2.20. The third-order valence-corrected chi connectivity index (χ3v) is 4.57. The molecule has 1 aliphatic heterocycles. The van der Waals surface area contributed by atoms with Gasteiger partial charge in [0, 0.05) is 24.8 Å².